The monoisotopic (exact) mass is 373 g/mol. The molecule has 0 saturated carbocycles. The van der Waals surface area contributed by atoms with Crippen molar-refractivity contribution in [1.82, 2.24) is 24.1 Å². The molecule has 0 aliphatic carbocycles. The molecule has 0 spiro atoms. The van der Waals surface area contributed by atoms with E-state index in [0.717, 1.165) is 22.5 Å². The van der Waals surface area contributed by atoms with Crippen LogP contribution >= 0.6 is 0 Å². The van der Waals surface area contributed by atoms with Gasteiger partial charge in [-0.05, 0) is 35.9 Å². The number of carbonyl (C=O) groups is 1. The van der Waals surface area contributed by atoms with Crippen molar-refractivity contribution in [2.45, 2.75) is 0 Å². The molecular formula is C21H19N5O2. The Morgan fingerprint density at radius 2 is 1.86 bits per heavy atom. The first-order valence-electron chi connectivity index (χ1n) is 9.24. The Morgan fingerprint density at radius 3 is 2.68 bits per heavy atom. The molecule has 0 N–H and O–H groups in total. The Labute approximate surface area is 161 Å². The van der Waals surface area contributed by atoms with E-state index in [-0.39, 0.29) is 5.91 Å². The van der Waals surface area contributed by atoms with Gasteiger partial charge in [0.15, 0.2) is 5.69 Å². The summed E-state index contributed by atoms with van der Waals surface area (Å²) in [6.07, 6.45) is 7.50. The first-order chi connectivity index (χ1) is 13.8. The Balaban J connectivity index is 1.49. The molecular weight excluding hydrogens is 354 g/mol. The van der Waals surface area contributed by atoms with Crippen molar-refractivity contribution in [2.24, 2.45) is 0 Å². The summed E-state index contributed by atoms with van der Waals surface area (Å²) in [5.41, 5.74) is 3.61. The zero-order valence-electron chi connectivity index (χ0n) is 15.2. The summed E-state index contributed by atoms with van der Waals surface area (Å²) in [4.78, 5) is 18.6. The molecule has 0 radical (unpaired) electrons. The number of fused-ring (bicyclic) bond motifs is 1. The average Bonchev–Trinajstić information content (AvgIpc) is 3.41. The number of amides is 1. The number of carbonyl (C=O) groups excluding carboxylic acids is 1. The van der Waals surface area contributed by atoms with Crippen LogP contribution in [0.25, 0.3) is 22.5 Å². The number of pyridine rings is 2. The van der Waals surface area contributed by atoms with Crippen LogP contribution in [0.1, 0.15) is 10.5 Å². The number of hydrogen-bond donors (Lipinski definition) is 0. The second-order valence-electron chi connectivity index (χ2n) is 6.70. The highest BCUT2D eigenvalue weighted by Crippen LogP contribution is 2.22. The number of nitrogens with zero attached hydrogens (tertiary/aromatic N) is 5. The molecule has 5 rings (SSSR count). The minimum Gasteiger partial charge on any atom is -0.378 e. The molecule has 0 bridgehead atoms. The van der Waals surface area contributed by atoms with Gasteiger partial charge in [0.25, 0.3) is 5.91 Å². The van der Waals surface area contributed by atoms with Crippen LogP contribution in [0.5, 0.6) is 0 Å². The van der Waals surface area contributed by atoms with Crippen LogP contribution in [0, 0.1) is 0 Å². The van der Waals surface area contributed by atoms with Gasteiger partial charge in [0.2, 0.25) is 0 Å². The van der Waals surface area contributed by atoms with E-state index < -0.39 is 0 Å². The SMILES string of the molecule is O=C(c1ccn(-c2ccc3ccc(-c4cccnc4)cn23)n1)N1CCOCC1. The molecule has 4 aromatic heterocycles. The fourth-order valence-corrected chi connectivity index (χ4v) is 3.47. The van der Waals surface area contributed by atoms with Crippen molar-refractivity contribution >= 4 is 11.4 Å². The van der Waals surface area contributed by atoms with Crippen LogP contribution in [-0.4, -0.2) is 56.3 Å². The molecule has 1 aliphatic rings. The number of ether oxygens (including phenoxy) is 1. The van der Waals surface area contributed by atoms with Gasteiger partial charge >= 0.3 is 0 Å². The predicted octanol–water partition coefficient (Wildman–Crippen LogP) is 2.66. The van der Waals surface area contributed by atoms with E-state index in [1.165, 1.54) is 0 Å². The van der Waals surface area contributed by atoms with Crippen molar-refractivity contribution in [2.75, 3.05) is 26.3 Å². The first-order valence-corrected chi connectivity index (χ1v) is 9.24. The van der Waals surface area contributed by atoms with E-state index >= 15 is 0 Å². The van der Waals surface area contributed by atoms with Gasteiger partial charge in [0.1, 0.15) is 5.82 Å². The maximum Gasteiger partial charge on any atom is 0.274 e. The van der Waals surface area contributed by atoms with Crippen LogP contribution in [0.2, 0.25) is 0 Å². The average molecular weight is 373 g/mol. The van der Waals surface area contributed by atoms with E-state index in [0.29, 0.717) is 32.0 Å². The summed E-state index contributed by atoms with van der Waals surface area (Å²) < 4.78 is 9.13. The van der Waals surface area contributed by atoms with Crippen molar-refractivity contribution in [3.05, 3.63) is 72.9 Å². The van der Waals surface area contributed by atoms with Crippen LogP contribution in [0.4, 0.5) is 0 Å². The number of aromatic nitrogens is 4. The minimum absolute atomic E-state index is 0.0565. The third kappa shape index (κ3) is 2.95. The third-order valence-corrected chi connectivity index (χ3v) is 4.97. The molecule has 7 nitrogen and oxygen atoms in total. The highest BCUT2D eigenvalue weighted by molar-refractivity contribution is 5.92. The van der Waals surface area contributed by atoms with Gasteiger partial charge in [-0.15, -0.1) is 0 Å². The lowest BCUT2D eigenvalue weighted by Crippen LogP contribution is -2.40. The molecule has 5 heterocycles. The second kappa shape index (κ2) is 6.94. The molecule has 1 aliphatic heterocycles. The summed E-state index contributed by atoms with van der Waals surface area (Å²) in [5.74, 6) is 0.820. The number of rotatable bonds is 3. The lowest BCUT2D eigenvalue weighted by atomic mass is 10.1. The molecule has 1 saturated heterocycles. The summed E-state index contributed by atoms with van der Waals surface area (Å²) in [7, 11) is 0. The maximum absolute atomic E-state index is 12.7. The molecule has 0 atom stereocenters. The second-order valence-corrected chi connectivity index (χ2v) is 6.70. The predicted molar refractivity (Wildman–Crippen MR) is 104 cm³/mol. The normalized spacial score (nSPS) is 14.5. The molecule has 0 aromatic carbocycles. The Morgan fingerprint density at radius 1 is 1.00 bits per heavy atom. The van der Waals surface area contributed by atoms with E-state index in [1.807, 2.05) is 36.7 Å². The van der Waals surface area contributed by atoms with Gasteiger partial charge in [-0.25, -0.2) is 4.68 Å². The summed E-state index contributed by atoms with van der Waals surface area (Å²) in [6, 6.07) is 13.9. The molecule has 140 valence electrons. The van der Waals surface area contributed by atoms with Crippen LogP contribution in [0.3, 0.4) is 0 Å². The van der Waals surface area contributed by atoms with Gasteiger partial charge < -0.3 is 14.0 Å². The van der Waals surface area contributed by atoms with Gasteiger partial charge in [-0.3, -0.25) is 9.78 Å². The molecule has 4 aromatic rings. The van der Waals surface area contributed by atoms with Gasteiger partial charge in [-0.2, -0.15) is 5.10 Å². The first kappa shape index (κ1) is 16.7. The van der Waals surface area contributed by atoms with Crippen molar-refractivity contribution in [3.8, 4) is 16.9 Å². The van der Waals surface area contributed by atoms with E-state index in [4.69, 9.17) is 4.74 Å². The fraction of sp³-hybridized carbons (Fsp3) is 0.190. The van der Waals surface area contributed by atoms with E-state index in [9.17, 15) is 4.79 Å². The lowest BCUT2D eigenvalue weighted by Gasteiger charge is -2.25. The maximum atomic E-state index is 12.7. The molecule has 0 unspecified atom stereocenters. The Bertz CT molecular complexity index is 1130. The fourth-order valence-electron chi connectivity index (χ4n) is 3.47. The topological polar surface area (TPSA) is 64.7 Å². The van der Waals surface area contributed by atoms with Crippen molar-refractivity contribution < 1.29 is 9.53 Å². The minimum atomic E-state index is -0.0565. The lowest BCUT2D eigenvalue weighted by molar-refractivity contribution is 0.0298. The zero-order chi connectivity index (χ0) is 18.9. The van der Waals surface area contributed by atoms with Gasteiger partial charge in [0.05, 0.1) is 13.2 Å². The van der Waals surface area contributed by atoms with Crippen LogP contribution in [-0.2, 0) is 4.74 Å². The van der Waals surface area contributed by atoms with Crippen LogP contribution in [0.15, 0.2) is 67.3 Å². The van der Waals surface area contributed by atoms with Crippen LogP contribution < -0.4 is 0 Å². The Hall–Kier alpha value is -3.45. The van der Waals surface area contributed by atoms with Crippen molar-refractivity contribution in [3.63, 3.8) is 0 Å². The quantitative estimate of drug-likeness (QED) is 0.554. The number of morpholine rings is 1. The summed E-state index contributed by atoms with van der Waals surface area (Å²) in [6.45, 7) is 2.36. The van der Waals surface area contributed by atoms with Crippen molar-refractivity contribution in [1.29, 1.82) is 0 Å². The largest absolute Gasteiger partial charge is 0.378 e. The molecule has 1 fully saturated rings. The van der Waals surface area contributed by atoms with E-state index in [2.05, 4.69) is 32.8 Å². The standard InChI is InChI=1S/C21H19N5O2/c27-21(24-10-12-28-13-11-24)19-7-9-26(23-19)20-6-5-18-4-3-17(15-25(18)20)16-2-1-8-22-14-16/h1-9,14-15H,10-13H2. The highest BCUT2D eigenvalue weighted by Gasteiger charge is 2.21. The van der Waals surface area contributed by atoms with E-state index in [1.54, 1.807) is 21.8 Å². The molecule has 28 heavy (non-hydrogen) atoms. The summed E-state index contributed by atoms with van der Waals surface area (Å²) >= 11 is 0. The highest BCUT2D eigenvalue weighted by atomic mass is 16.5. The zero-order valence-corrected chi connectivity index (χ0v) is 15.2. The molecule has 1 amide bonds. The number of hydrogen-bond acceptors (Lipinski definition) is 4. The van der Waals surface area contributed by atoms with Gasteiger partial charge in [0, 0.05) is 49.0 Å². The molecule has 7 heteroatoms. The van der Waals surface area contributed by atoms with Gasteiger partial charge in [-0.1, -0.05) is 12.1 Å². The third-order valence-electron chi connectivity index (χ3n) is 4.97. The summed E-state index contributed by atoms with van der Waals surface area (Å²) in [5, 5.41) is 4.53. The Kier molecular flexibility index (Phi) is 4.14. The smallest absolute Gasteiger partial charge is 0.274 e.